The van der Waals surface area contributed by atoms with E-state index in [0.29, 0.717) is 5.56 Å². The summed E-state index contributed by atoms with van der Waals surface area (Å²) in [4.78, 5) is 10.6. The summed E-state index contributed by atoms with van der Waals surface area (Å²) in [7, 11) is 0. The molecule has 0 radical (unpaired) electrons. The Balaban J connectivity index is 2.85. The lowest BCUT2D eigenvalue weighted by atomic mass is 10.0. The highest BCUT2D eigenvalue weighted by atomic mass is 35.5. The second-order valence-electron chi connectivity index (χ2n) is 2.99. The minimum atomic E-state index is -0.481. The number of carbonyl (C=O) groups excluding carboxylic acids is 1. The van der Waals surface area contributed by atoms with Gasteiger partial charge >= 0.3 is 0 Å². The highest BCUT2D eigenvalue weighted by Gasteiger charge is 2.10. The lowest BCUT2D eigenvalue weighted by Crippen LogP contribution is -2.20. The Labute approximate surface area is 86.5 Å². The summed E-state index contributed by atoms with van der Waals surface area (Å²) in [5, 5.41) is 9.35. The molecule has 0 aliphatic heterocycles. The number of phenols is 1. The predicted molar refractivity (Wildman–Crippen MR) is 53.9 cm³/mol. The van der Waals surface area contributed by atoms with Crippen molar-refractivity contribution in [2.45, 2.75) is 12.5 Å². The van der Waals surface area contributed by atoms with Gasteiger partial charge in [0.1, 0.15) is 5.75 Å². The second kappa shape index (κ2) is 4.30. The molecule has 1 aromatic rings. The van der Waals surface area contributed by atoms with Gasteiger partial charge in [-0.25, -0.2) is 0 Å². The first-order chi connectivity index (χ1) is 6.50. The van der Waals surface area contributed by atoms with Crippen molar-refractivity contribution in [1.82, 2.24) is 0 Å². The number of primary amides is 1. The van der Waals surface area contributed by atoms with Crippen LogP contribution in [0.3, 0.4) is 0 Å². The molecule has 1 atom stereocenters. The van der Waals surface area contributed by atoms with E-state index < -0.39 is 11.9 Å². The quantitative estimate of drug-likeness (QED) is 0.699. The van der Waals surface area contributed by atoms with E-state index >= 15 is 0 Å². The number of amides is 1. The summed E-state index contributed by atoms with van der Waals surface area (Å²) >= 11 is 5.67. The van der Waals surface area contributed by atoms with Gasteiger partial charge in [0.05, 0.1) is 5.02 Å². The van der Waals surface area contributed by atoms with Gasteiger partial charge in [0.25, 0.3) is 0 Å². The maximum absolute atomic E-state index is 10.6. The first-order valence-electron chi connectivity index (χ1n) is 4.03. The van der Waals surface area contributed by atoms with E-state index in [1.165, 1.54) is 12.1 Å². The molecule has 1 rings (SSSR count). The Morgan fingerprint density at radius 3 is 2.71 bits per heavy atom. The molecule has 1 amide bonds. The van der Waals surface area contributed by atoms with Gasteiger partial charge in [0.2, 0.25) is 5.91 Å². The largest absolute Gasteiger partial charge is 0.506 e. The summed E-state index contributed by atoms with van der Waals surface area (Å²) < 4.78 is 0. The molecule has 0 bridgehead atoms. The normalized spacial score (nSPS) is 12.4. The van der Waals surface area contributed by atoms with Crippen LogP contribution in [0.1, 0.15) is 18.0 Å². The number of benzene rings is 1. The zero-order valence-corrected chi connectivity index (χ0v) is 8.16. The van der Waals surface area contributed by atoms with Crippen LogP contribution in [0.2, 0.25) is 5.02 Å². The number of nitrogens with two attached hydrogens (primary N) is 2. The predicted octanol–water partition coefficient (Wildman–Crippen LogP) is 0.921. The molecule has 14 heavy (non-hydrogen) atoms. The van der Waals surface area contributed by atoms with Crippen LogP contribution in [0.5, 0.6) is 5.75 Å². The number of rotatable bonds is 3. The topological polar surface area (TPSA) is 89.3 Å². The first kappa shape index (κ1) is 10.8. The first-order valence-corrected chi connectivity index (χ1v) is 4.41. The van der Waals surface area contributed by atoms with Crippen LogP contribution in [-0.4, -0.2) is 11.0 Å². The third kappa shape index (κ3) is 2.61. The molecular weight excluding hydrogens is 204 g/mol. The van der Waals surface area contributed by atoms with Crippen molar-refractivity contribution in [2.24, 2.45) is 11.5 Å². The summed E-state index contributed by atoms with van der Waals surface area (Å²) in [6.45, 7) is 0. The molecule has 0 saturated carbocycles. The fourth-order valence-electron chi connectivity index (χ4n) is 1.09. The molecule has 0 fully saturated rings. The smallest absolute Gasteiger partial charge is 0.219 e. The van der Waals surface area contributed by atoms with Crippen molar-refractivity contribution < 1.29 is 9.90 Å². The van der Waals surface area contributed by atoms with Crippen LogP contribution in [0.4, 0.5) is 0 Å². The van der Waals surface area contributed by atoms with Gasteiger partial charge in [-0.05, 0) is 17.7 Å². The zero-order chi connectivity index (χ0) is 10.7. The molecule has 0 aliphatic rings. The SMILES string of the molecule is NC(=O)CC(N)c1ccc(O)c(Cl)c1. The third-order valence-corrected chi connectivity index (χ3v) is 2.12. The van der Waals surface area contributed by atoms with E-state index in [0.717, 1.165) is 0 Å². The van der Waals surface area contributed by atoms with Gasteiger partial charge in [0.15, 0.2) is 0 Å². The molecule has 5 heteroatoms. The Bertz CT molecular complexity index is 355. The van der Waals surface area contributed by atoms with Crippen LogP contribution in [-0.2, 0) is 4.79 Å². The summed E-state index contributed by atoms with van der Waals surface area (Å²) in [5.41, 5.74) is 11.3. The van der Waals surface area contributed by atoms with Gasteiger partial charge in [-0.15, -0.1) is 0 Å². The average Bonchev–Trinajstić information content (AvgIpc) is 2.08. The van der Waals surface area contributed by atoms with Crippen molar-refractivity contribution in [2.75, 3.05) is 0 Å². The van der Waals surface area contributed by atoms with Crippen molar-refractivity contribution in [1.29, 1.82) is 0 Å². The molecule has 4 nitrogen and oxygen atoms in total. The zero-order valence-electron chi connectivity index (χ0n) is 7.40. The van der Waals surface area contributed by atoms with Gasteiger partial charge in [0, 0.05) is 12.5 Å². The lowest BCUT2D eigenvalue weighted by Gasteiger charge is -2.10. The summed E-state index contributed by atoms with van der Waals surface area (Å²) in [5.74, 6) is -0.483. The molecule has 1 unspecified atom stereocenters. The Kier molecular flexibility index (Phi) is 3.33. The number of phenolic OH excluding ortho intramolecular Hbond substituents is 1. The van der Waals surface area contributed by atoms with Crippen LogP contribution in [0, 0.1) is 0 Å². The molecule has 1 aromatic carbocycles. The highest BCUT2D eigenvalue weighted by molar-refractivity contribution is 6.32. The summed E-state index contributed by atoms with van der Waals surface area (Å²) in [6, 6.07) is 4.07. The fourth-order valence-corrected chi connectivity index (χ4v) is 1.28. The van der Waals surface area contributed by atoms with E-state index in [2.05, 4.69) is 0 Å². The molecule has 76 valence electrons. The minimum absolute atomic E-state index is 0.0123. The van der Waals surface area contributed by atoms with Crippen molar-refractivity contribution in [3.8, 4) is 5.75 Å². The molecule has 0 spiro atoms. The van der Waals surface area contributed by atoms with E-state index in [4.69, 9.17) is 28.2 Å². The Morgan fingerprint density at radius 1 is 1.57 bits per heavy atom. The van der Waals surface area contributed by atoms with Crippen LogP contribution < -0.4 is 11.5 Å². The molecule has 0 heterocycles. The van der Waals surface area contributed by atoms with Crippen molar-refractivity contribution >= 4 is 17.5 Å². The lowest BCUT2D eigenvalue weighted by molar-refractivity contribution is -0.118. The molecule has 0 aliphatic carbocycles. The van der Waals surface area contributed by atoms with Crippen LogP contribution >= 0.6 is 11.6 Å². The minimum Gasteiger partial charge on any atom is -0.506 e. The number of hydrogen-bond acceptors (Lipinski definition) is 3. The maximum atomic E-state index is 10.6. The Morgan fingerprint density at radius 2 is 2.21 bits per heavy atom. The Hall–Kier alpha value is -1.26. The maximum Gasteiger partial charge on any atom is 0.219 e. The van der Waals surface area contributed by atoms with E-state index in [9.17, 15) is 4.79 Å². The van der Waals surface area contributed by atoms with Gasteiger partial charge in [-0.2, -0.15) is 0 Å². The van der Waals surface area contributed by atoms with E-state index in [-0.39, 0.29) is 17.2 Å². The van der Waals surface area contributed by atoms with Crippen molar-refractivity contribution in [3.05, 3.63) is 28.8 Å². The van der Waals surface area contributed by atoms with E-state index in [1.54, 1.807) is 6.07 Å². The van der Waals surface area contributed by atoms with E-state index in [1.807, 2.05) is 0 Å². The van der Waals surface area contributed by atoms with Crippen LogP contribution in [0.15, 0.2) is 18.2 Å². The van der Waals surface area contributed by atoms with Gasteiger partial charge < -0.3 is 16.6 Å². The fraction of sp³-hybridized carbons (Fsp3) is 0.222. The number of aromatic hydroxyl groups is 1. The third-order valence-electron chi connectivity index (χ3n) is 1.82. The van der Waals surface area contributed by atoms with Crippen molar-refractivity contribution in [3.63, 3.8) is 0 Å². The van der Waals surface area contributed by atoms with Gasteiger partial charge in [-0.3, -0.25) is 4.79 Å². The summed E-state index contributed by atoms with van der Waals surface area (Å²) in [6.07, 6.45) is 0.0567. The standard InChI is InChI=1S/C9H11ClN2O2/c10-6-3-5(1-2-8(6)13)7(11)4-9(12)14/h1-3,7,13H,4,11H2,(H2,12,14). The molecule has 5 N–H and O–H groups in total. The monoisotopic (exact) mass is 214 g/mol. The van der Waals surface area contributed by atoms with Crippen LogP contribution in [0.25, 0.3) is 0 Å². The number of halogens is 1. The van der Waals surface area contributed by atoms with Gasteiger partial charge in [-0.1, -0.05) is 17.7 Å². The number of carbonyl (C=O) groups is 1. The average molecular weight is 215 g/mol. The molecule has 0 aromatic heterocycles. The molecular formula is C9H11ClN2O2. The second-order valence-corrected chi connectivity index (χ2v) is 3.39. The highest BCUT2D eigenvalue weighted by Crippen LogP contribution is 2.26. The molecule has 0 saturated heterocycles. The number of hydrogen-bond donors (Lipinski definition) is 3.